The Morgan fingerprint density at radius 2 is 1.85 bits per heavy atom. The van der Waals surface area contributed by atoms with Crippen molar-refractivity contribution in [3.8, 4) is 11.5 Å². The summed E-state index contributed by atoms with van der Waals surface area (Å²) in [5, 5.41) is 7.25. The lowest BCUT2D eigenvalue weighted by atomic mass is 9.96. The Kier molecular flexibility index (Phi) is 4.72. The molecule has 6 rings (SSSR count). The lowest BCUT2D eigenvalue weighted by Gasteiger charge is -2.33. The second kappa shape index (κ2) is 7.68. The van der Waals surface area contributed by atoms with E-state index in [0.29, 0.717) is 36.6 Å². The average molecular weight is 470 g/mol. The molecule has 3 aromatic rings. The van der Waals surface area contributed by atoms with Crippen LogP contribution in [0.1, 0.15) is 45.7 Å². The fourth-order valence-electron chi connectivity index (χ4n) is 4.86. The largest absolute Gasteiger partial charge is 0.454 e. The third-order valence-corrected chi connectivity index (χ3v) is 6.63. The highest BCUT2D eigenvalue weighted by molar-refractivity contribution is 5.93. The van der Waals surface area contributed by atoms with Gasteiger partial charge in [-0.05, 0) is 35.2 Å². The van der Waals surface area contributed by atoms with Crippen LogP contribution >= 0.6 is 0 Å². The van der Waals surface area contributed by atoms with Crippen molar-refractivity contribution in [3.63, 3.8) is 0 Å². The molecule has 0 bridgehead atoms. The number of ether oxygens (including phenoxy) is 2. The first-order valence-corrected chi connectivity index (χ1v) is 11.1. The highest BCUT2D eigenvalue weighted by Gasteiger charge is 2.47. The zero-order chi connectivity index (χ0) is 23.4. The number of amides is 1. The van der Waals surface area contributed by atoms with Crippen LogP contribution in [0.4, 0.5) is 19.0 Å². The van der Waals surface area contributed by atoms with Crippen LogP contribution < -0.4 is 14.8 Å². The molecule has 10 heteroatoms. The fourth-order valence-corrected chi connectivity index (χ4v) is 4.86. The first-order valence-electron chi connectivity index (χ1n) is 11.1. The van der Waals surface area contributed by atoms with Gasteiger partial charge in [-0.15, -0.1) is 0 Å². The molecule has 0 spiro atoms. The number of aromatic nitrogens is 2. The Morgan fingerprint density at radius 3 is 2.68 bits per heavy atom. The molecule has 1 N–H and O–H groups in total. The lowest BCUT2D eigenvalue weighted by Crippen LogP contribution is -2.37. The molecule has 0 fully saturated rings. The number of hydrogen-bond acceptors (Lipinski definition) is 5. The second-order valence-corrected chi connectivity index (χ2v) is 8.71. The number of fused-ring (bicyclic) bond motifs is 3. The Morgan fingerprint density at radius 1 is 1.06 bits per heavy atom. The second-order valence-electron chi connectivity index (χ2n) is 8.71. The van der Waals surface area contributed by atoms with Gasteiger partial charge in [0.05, 0.1) is 6.04 Å². The van der Waals surface area contributed by atoms with E-state index in [-0.39, 0.29) is 30.6 Å². The molecule has 0 radical (unpaired) electrons. The summed E-state index contributed by atoms with van der Waals surface area (Å²) in [6.07, 6.45) is -4.09. The van der Waals surface area contributed by atoms with Crippen LogP contribution in [0.5, 0.6) is 11.5 Å². The molecule has 1 aromatic heterocycles. The van der Waals surface area contributed by atoms with Crippen molar-refractivity contribution in [2.24, 2.45) is 0 Å². The molecule has 3 aliphatic heterocycles. The minimum Gasteiger partial charge on any atom is -0.454 e. The van der Waals surface area contributed by atoms with E-state index in [0.717, 1.165) is 10.2 Å². The molecule has 0 unspecified atom stereocenters. The number of carbonyl (C=O) groups excluding carboxylic acids is 1. The number of benzene rings is 2. The normalized spacial score (nSPS) is 21.0. The van der Waals surface area contributed by atoms with Crippen LogP contribution in [-0.4, -0.2) is 40.1 Å². The highest BCUT2D eigenvalue weighted by Crippen LogP contribution is 2.45. The smallest absolute Gasteiger partial charge is 0.410 e. The number of anilines is 1. The van der Waals surface area contributed by atoms with Gasteiger partial charge in [0.2, 0.25) is 6.79 Å². The van der Waals surface area contributed by atoms with Crippen molar-refractivity contribution >= 4 is 11.7 Å². The number of nitrogens with zero attached hydrogens (tertiary/aromatic N) is 3. The number of halogens is 3. The standard InChI is InChI=1S/C24H21F3N4O3/c25-24(26,27)21-10-17(15-5-6-19-20(9-15)34-13-33-19)28-22-11-18(29-31(21)22)23(32)30-8-7-14-3-1-2-4-16(14)12-30/h1-6,9,11,17,21,28H,7-8,10,12-13H2/t17-,21-/m1/s1. The number of carbonyl (C=O) groups is 1. The van der Waals surface area contributed by atoms with Crippen molar-refractivity contribution in [2.45, 2.75) is 37.6 Å². The van der Waals surface area contributed by atoms with E-state index in [9.17, 15) is 18.0 Å². The number of nitrogens with one attached hydrogen (secondary N) is 1. The first-order chi connectivity index (χ1) is 16.4. The first kappa shape index (κ1) is 20.9. The predicted molar refractivity (Wildman–Crippen MR) is 116 cm³/mol. The predicted octanol–water partition coefficient (Wildman–Crippen LogP) is 4.47. The van der Waals surface area contributed by atoms with Gasteiger partial charge in [0.25, 0.3) is 5.91 Å². The molecule has 2 atom stereocenters. The molecule has 7 nitrogen and oxygen atoms in total. The van der Waals surface area contributed by atoms with Crippen LogP contribution in [0, 0.1) is 0 Å². The van der Waals surface area contributed by atoms with Crippen LogP contribution in [0.25, 0.3) is 0 Å². The molecular weight excluding hydrogens is 449 g/mol. The van der Waals surface area contributed by atoms with E-state index in [4.69, 9.17) is 9.47 Å². The molecule has 0 saturated heterocycles. The van der Waals surface area contributed by atoms with Crippen molar-refractivity contribution in [3.05, 3.63) is 70.9 Å². The van der Waals surface area contributed by atoms with Crippen molar-refractivity contribution in [1.29, 1.82) is 0 Å². The molecule has 4 heterocycles. The van der Waals surface area contributed by atoms with E-state index in [1.807, 2.05) is 24.3 Å². The summed E-state index contributed by atoms with van der Waals surface area (Å²) in [7, 11) is 0. The summed E-state index contributed by atoms with van der Waals surface area (Å²) >= 11 is 0. The topological polar surface area (TPSA) is 68.6 Å². The van der Waals surface area contributed by atoms with Crippen molar-refractivity contribution in [1.82, 2.24) is 14.7 Å². The molecule has 2 aromatic carbocycles. The fraction of sp³-hybridized carbons (Fsp3) is 0.333. The Hall–Kier alpha value is -3.69. The Balaban J connectivity index is 1.30. The van der Waals surface area contributed by atoms with Crippen LogP contribution in [0.15, 0.2) is 48.5 Å². The Labute approximate surface area is 193 Å². The molecule has 176 valence electrons. The highest BCUT2D eigenvalue weighted by atomic mass is 19.4. The zero-order valence-corrected chi connectivity index (χ0v) is 18.0. The van der Waals surface area contributed by atoms with Gasteiger partial charge in [-0.2, -0.15) is 18.3 Å². The van der Waals surface area contributed by atoms with Crippen molar-refractivity contribution < 1.29 is 27.4 Å². The monoisotopic (exact) mass is 470 g/mol. The molecule has 0 saturated carbocycles. The minimum atomic E-state index is -4.53. The van der Waals surface area contributed by atoms with Crippen LogP contribution in [-0.2, 0) is 13.0 Å². The van der Waals surface area contributed by atoms with E-state index in [2.05, 4.69) is 10.4 Å². The molecule has 3 aliphatic rings. The van der Waals surface area contributed by atoms with Gasteiger partial charge < -0.3 is 19.7 Å². The summed E-state index contributed by atoms with van der Waals surface area (Å²) < 4.78 is 53.7. The Bertz CT molecular complexity index is 1270. The maximum absolute atomic E-state index is 14.0. The SMILES string of the molecule is O=C(c1cc2n(n1)[C@@H](C(F)(F)F)C[C@H](c1ccc3c(c1)OCO3)N2)N1CCc2ccccc2C1. The number of rotatable bonds is 2. The average Bonchev–Trinajstić information content (AvgIpc) is 3.48. The summed E-state index contributed by atoms with van der Waals surface area (Å²) in [5.74, 6) is 0.854. The van der Waals surface area contributed by atoms with Crippen LogP contribution in [0.2, 0.25) is 0 Å². The minimum absolute atomic E-state index is 0.00229. The van der Waals surface area contributed by atoms with Gasteiger partial charge in [0, 0.05) is 25.6 Å². The van der Waals surface area contributed by atoms with Gasteiger partial charge >= 0.3 is 6.18 Å². The van der Waals surface area contributed by atoms with Gasteiger partial charge in [-0.3, -0.25) is 4.79 Å². The molecule has 34 heavy (non-hydrogen) atoms. The summed E-state index contributed by atoms with van der Waals surface area (Å²) in [4.78, 5) is 14.8. The van der Waals surface area contributed by atoms with Gasteiger partial charge in [-0.25, -0.2) is 4.68 Å². The van der Waals surface area contributed by atoms with Gasteiger partial charge in [0.15, 0.2) is 23.2 Å². The van der Waals surface area contributed by atoms with Crippen molar-refractivity contribution in [2.75, 3.05) is 18.7 Å². The number of alkyl halides is 3. The van der Waals surface area contributed by atoms with E-state index < -0.39 is 18.3 Å². The molecular formula is C24H21F3N4O3. The third kappa shape index (κ3) is 3.53. The van der Waals surface area contributed by atoms with Gasteiger partial charge in [-0.1, -0.05) is 30.3 Å². The van der Waals surface area contributed by atoms with E-state index in [1.54, 1.807) is 23.1 Å². The maximum atomic E-state index is 14.0. The zero-order valence-electron chi connectivity index (χ0n) is 18.0. The molecule has 0 aliphatic carbocycles. The van der Waals surface area contributed by atoms with Crippen LogP contribution in [0.3, 0.4) is 0 Å². The molecule has 1 amide bonds. The number of hydrogen-bond donors (Lipinski definition) is 1. The third-order valence-electron chi connectivity index (χ3n) is 6.63. The summed E-state index contributed by atoms with van der Waals surface area (Å²) in [6, 6.07) is 11.9. The van der Waals surface area contributed by atoms with Gasteiger partial charge in [0.1, 0.15) is 5.82 Å². The maximum Gasteiger partial charge on any atom is 0.410 e. The summed E-state index contributed by atoms with van der Waals surface area (Å²) in [5.41, 5.74) is 2.87. The van der Waals surface area contributed by atoms with E-state index in [1.165, 1.54) is 11.6 Å². The van der Waals surface area contributed by atoms with E-state index >= 15 is 0 Å². The lowest BCUT2D eigenvalue weighted by molar-refractivity contribution is -0.173. The quantitative estimate of drug-likeness (QED) is 0.599. The summed E-state index contributed by atoms with van der Waals surface area (Å²) in [6.45, 7) is 0.989.